The summed E-state index contributed by atoms with van der Waals surface area (Å²) in [5.41, 5.74) is 2.41. The van der Waals surface area contributed by atoms with Gasteiger partial charge in [0, 0.05) is 17.5 Å². The number of ether oxygens (including phenoxy) is 1. The van der Waals surface area contributed by atoms with E-state index < -0.39 is 0 Å². The van der Waals surface area contributed by atoms with E-state index in [4.69, 9.17) is 4.74 Å². The molecule has 0 unspecified atom stereocenters. The number of rotatable bonds is 4. The van der Waals surface area contributed by atoms with E-state index in [9.17, 15) is 4.79 Å². The molecule has 0 saturated carbocycles. The van der Waals surface area contributed by atoms with Crippen LogP contribution in [-0.4, -0.2) is 21.6 Å². The molecule has 2 aromatic rings. The highest BCUT2D eigenvalue weighted by Crippen LogP contribution is 2.18. The van der Waals surface area contributed by atoms with Gasteiger partial charge in [0.05, 0.1) is 18.5 Å². The number of aromatic amines is 1. The molecule has 0 saturated heterocycles. The van der Waals surface area contributed by atoms with Crippen molar-refractivity contribution in [2.24, 2.45) is 0 Å². The van der Waals surface area contributed by atoms with Crippen LogP contribution in [0.5, 0.6) is 5.75 Å². The summed E-state index contributed by atoms with van der Waals surface area (Å²) >= 11 is 0. The second-order valence-corrected chi connectivity index (χ2v) is 4.38. The molecule has 2 aromatic heterocycles. The zero-order valence-electron chi connectivity index (χ0n) is 11.4. The zero-order chi connectivity index (χ0) is 13.8. The van der Waals surface area contributed by atoms with Gasteiger partial charge in [-0.05, 0) is 26.3 Å². The Kier molecular flexibility index (Phi) is 3.94. The molecular formula is C14H17N3O2. The molecule has 19 heavy (non-hydrogen) atoms. The van der Waals surface area contributed by atoms with Crippen molar-refractivity contribution in [3.8, 4) is 17.0 Å². The van der Waals surface area contributed by atoms with Gasteiger partial charge in [-0.1, -0.05) is 6.92 Å². The quantitative estimate of drug-likeness (QED) is 0.914. The zero-order valence-corrected chi connectivity index (χ0v) is 11.4. The first-order valence-corrected chi connectivity index (χ1v) is 6.27. The van der Waals surface area contributed by atoms with E-state index in [2.05, 4.69) is 15.0 Å². The molecule has 0 fully saturated rings. The summed E-state index contributed by atoms with van der Waals surface area (Å²) < 4.78 is 5.51. The van der Waals surface area contributed by atoms with Crippen LogP contribution in [0.1, 0.15) is 24.7 Å². The molecule has 2 heterocycles. The van der Waals surface area contributed by atoms with Crippen LogP contribution in [0.25, 0.3) is 11.3 Å². The van der Waals surface area contributed by atoms with E-state index in [1.807, 2.05) is 20.8 Å². The Morgan fingerprint density at radius 3 is 2.84 bits per heavy atom. The van der Waals surface area contributed by atoms with Crippen molar-refractivity contribution in [2.75, 3.05) is 6.61 Å². The van der Waals surface area contributed by atoms with Crippen LogP contribution < -0.4 is 10.3 Å². The summed E-state index contributed by atoms with van der Waals surface area (Å²) in [6, 6.07) is 1.79. The summed E-state index contributed by atoms with van der Waals surface area (Å²) in [7, 11) is 0. The lowest BCUT2D eigenvalue weighted by Crippen LogP contribution is -2.14. The first kappa shape index (κ1) is 13.3. The Labute approximate surface area is 111 Å². The van der Waals surface area contributed by atoms with Gasteiger partial charge in [0.2, 0.25) is 0 Å². The predicted molar refractivity (Wildman–Crippen MR) is 73.3 cm³/mol. The van der Waals surface area contributed by atoms with Crippen molar-refractivity contribution in [1.82, 2.24) is 15.0 Å². The number of nitrogens with one attached hydrogen (secondary N) is 1. The van der Waals surface area contributed by atoms with Crippen LogP contribution in [0.2, 0.25) is 0 Å². The average molecular weight is 259 g/mol. The van der Waals surface area contributed by atoms with Crippen LogP contribution >= 0.6 is 0 Å². The van der Waals surface area contributed by atoms with Crippen molar-refractivity contribution in [3.05, 3.63) is 40.2 Å². The molecule has 5 heteroatoms. The minimum absolute atomic E-state index is 0.211. The fourth-order valence-corrected chi connectivity index (χ4v) is 1.67. The molecule has 1 N–H and O–H groups in total. The van der Waals surface area contributed by atoms with Gasteiger partial charge in [0.15, 0.2) is 0 Å². The predicted octanol–water partition coefficient (Wildman–Crippen LogP) is 2.24. The molecule has 0 aliphatic carbocycles. The van der Waals surface area contributed by atoms with Crippen LogP contribution in [0.4, 0.5) is 0 Å². The number of nitrogens with zero attached hydrogens (tertiary/aromatic N) is 2. The van der Waals surface area contributed by atoms with Crippen molar-refractivity contribution in [1.29, 1.82) is 0 Å². The van der Waals surface area contributed by atoms with E-state index >= 15 is 0 Å². The van der Waals surface area contributed by atoms with E-state index in [1.165, 1.54) is 0 Å². The minimum Gasteiger partial charge on any atom is -0.492 e. The highest BCUT2D eigenvalue weighted by Gasteiger charge is 2.09. The summed E-state index contributed by atoms with van der Waals surface area (Å²) in [6.45, 7) is 6.35. The molecule has 100 valence electrons. The first-order chi connectivity index (χ1) is 9.11. The minimum atomic E-state index is -0.211. The van der Waals surface area contributed by atoms with Gasteiger partial charge in [0.25, 0.3) is 5.56 Å². The largest absolute Gasteiger partial charge is 0.492 e. The third-order valence-electron chi connectivity index (χ3n) is 2.80. The van der Waals surface area contributed by atoms with E-state index in [0.29, 0.717) is 23.6 Å². The van der Waals surface area contributed by atoms with Gasteiger partial charge in [-0.15, -0.1) is 0 Å². The van der Waals surface area contributed by atoms with Crippen LogP contribution in [-0.2, 0) is 0 Å². The van der Waals surface area contributed by atoms with Crippen LogP contribution in [0.3, 0.4) is 0 Å². The van der Waals surface area contributed by atoms with Gasteiger partial charge in [-0.2, -0.15) is 0 Å². The number of hydrogen-bond donors (Lipinski definition) is 1. The highest BCUT2D eigenvalue weighted by molar-refractivity contribution is 5.58. The van der Waals surface area contributed by atoms with Crippen molar-refractivity contribution < 1.29 is 4.74 Å². The number of pyridine rings is 1. The number of aryl methyl sites for hydroxylation is 2. The van der Waals surface area contributed by atoms with Crippen LogP contribution in [0, 0.1) is 13.8 Å². The lowest BCUT2D eigenvalue weighted by Gasteiger charge is -2.07. The monoisotopic (exact) mass is 259 g/mol. The maximum absolute atomic E-state index is 11.9. The van der Waals surface area contributed by atoms with Gasteiger partial charge in [-0.3, -0.25) is 9.78 Å². The number of H-pyrrole nitrogens is 1. The second kappa shape index (κ2) is 5.65. The smallest absolute Gasteiger partial charge is 0.274 e. The van der Waals surface area contributed by atoms with Crippen LogP contribution in [0.15, 0.2) is 23.3 Å². The highest BCUT2D eigenvalue weighted by atomic mass is 16.5. The molecule has 5 nitrogen and oxygen atoms in total. The fraction of sp³-hybridized carbons (Fsp3) is 0.357. The number of hydrogen-bond acceptors (Lipinski definition) is 4. The van der Waals surface area contributed by atoms with E-state index in [-0.39, 0.29) is 5.56 Å². The third kappa shape index (κ3) is 2.99. The van der Waals surface area contributed by atoms with E-state index in [0.717, 1.165) is 17.8 Å². The fourth-order valence-electron chi connectivity index (χ4n) is 1.67. The summed E-state index contributed by atoms with van der Waals surface area (Å²) in [5, 5.41) is 0. The Morgan fingerprint density at radius 2 is 2.11 bits per heavy atom. The summed E-state index contributed by atoms with van der Waals surface area (Å²) in [5.74, 6) is 0.652. The lowest BCUT2D eigenvalue weighted by molar-refractivity contribution is 0.316. The Bertz CT molecular complexity index is 635. The molecular weight excluding hydrogens is 242 g/mol. The number of aromatic nitrogens is 3. The maximum Gasteiger partial charge on any atom is 0.274 e. The van der Waals surface area contributed by atoms with Gasteiger partial charge >= 0.3 is 0 Å². The summed E-state index contributed by atoms with van der Waals surface area (Å²) in [4.78, 5) is 23.1. The molecule has 0 spiro atoms. The molecule has 0 aromatic carbocycles. The normalized spacial score (nSPS) is 10.5. The lowest BCUT2D eigenvalue weighted by atomic mass is 10.2. The molecule has 0 atom stereocenters. The van der Waals surface area contributed by atoms with Crippen molar-refractivity contribution in [2.45, 2.75) is 27.2 Å². The first-order valence-electron chi connectivity index (χ1n) is 6.27. The molecule has 0 aliphatic heterocycles. The maximum atomic E-state index is 11.9. The second-order valence-electron chi connectivity index (χ2n) is 4.38. The standard InChI is InChI=1S/C14H17N3O2/c1-4-5-19-12-6-11(7-15-8-12)13-14(18)17-10(3)9(2)16-13/h6-8H,4-5H2,1-3H3,(H,17,18). The Morgan fingerprint density at radius 1 is 1.32 bits per heavy atom. The average Bonchev–Trinajstić information content (AvgIpc) is 2.41. The molecule has 2 rings (SSSR count). The van der Waals surface area contributed by atoms with Gasteiger partial charge < -0.3 is 9.72 Å². The van der Waals surface area contributed by atoms with Gasteiger partial charge in [0.1, 0.15) is 11.4 Å². The molecule has 0 bridgehead atoms. The van der Waals surface area contributed by atoms with E-state index in [1.54, 1.807) is 18.5 Å². The Balaban J connectivity index is 2.42. The third-order valence-corrected chi connectivity index (χ3v) is 2.80. The SMILES string of the molecule is CCCOc1cncc(-c2nc(C)c(C)[nH]c2=O)c1. The summed E-state index contributed by atoms with van der Waals surface area (Å²) in [6.07, 6.45) is 4.17. The topological polar surface area (TPSA) is 67.9 Å². The molecule has 0 radical (unpaired) electrons. The van der Waals surface area contributed by atoms with Crippen molar-refractivity contribution in [3.63, 3.8) is 0 Å². The molecule has 0 aliphatic rings. The molecule has 0 amide bonds. The van der Waals surface area contributed by atoms with Gasteiger partial charge in [-0.25, -0.2) is 4.98 Å². The van der Waals surface area contributed by atoms with Crippen molar-refractivity contribution >= 4 is 0 Å². The Hall–Kier alpha value is -2.17.